The van der Waals surface area contributed by atoms with Crippen molar-refractivity contribution in [3.63, 3.8) is 0 Å². The summed E-state index contributed by atoms with van der Waals surface area (Å²) in [6.07, 6.45) is 0. The van der Waals surface area contributed by atoms with Crippen LogP contribution in [0.2, 0.25) is 0 Å². The van der Waals surface area contributed by atoms with Crippen LogP contribution in [0.15, 0.2) is 174 Å². The van der Waals surface area contributed by atoms with E-state index in [0.29, 0.717) is 0 Å². The van der Waals surface area contributed by atoms with E-state index in [4.69, 9.17) is 29.1 Å². The largest absolute Gasteiger partial charge is 0.456 e. The fourth-order valence-corrected chi connectivity index (χ4v) is 5.95. The van der Waals surface area contributed by atoms with E-state index in [9.17, 15) is 9.60 Å². The molecule has 9 aromatic carbocycles. The summed E-state index contributed by atoms with van der Waals surface area (Å²) in [5.41, 5.74) is -3.07. The first-order chi connectivity index (χ1) is 33.7. The van der Waals surface area contributed by atoms with E-state index < -0.39 is 211 Å². The lowest BCUT2D eigenvalue weighted by Gasteiger charge is -2.18. The lowest BCUT2D eigenvalue weighted by Crippen LogP contribution is -1.91. The lowest BCUT2D eigenvalue weighted by molar-refractivity contribution is 0.669. The summed E-state index contributed by atoms with van der Waals surface area (Å²) >= 11 is 0. The van der Waals surface area contributed by atoms with E-state index >= 15 is 0 Å². The summed E-state index contributed by atoms with van der Waals surface area (Å²) < 4.78 is 229. The molecule has 0 atom stereocenters. The van der Waals surface area contributed by atoms with Crippen LogP contribution >= 0.6 is 0 Å². The molecule has 0 radical (unpaired) electrons. The van der Waals surface area contributed by atoms with Gasteiger partial charge in [0.05, 0.1) is 34.3 Å². The molecule has 0 saturated heterocycles. The molecule has 0 aliphatic rings. The van der Waals surface area contributed by atoms with E-state index in [1.54, 1.807) is 0 Å². The van der Waals surface area contributed by atoms with Crippen LogP contribution in [0.1, 0.15) is 34.3 Å². The van der Waals surface area contributed by atoms with Crippen molar-refractivity contribution in [1.82, 2.24) is 0 Å². The zero-order valence-corrected chi connectivity index (χ0v) is 23.6. The van der Waals surface area contributed by atoms with Gasteiger partial charge >= 0.3 is 0 Å². The van der Waals surface area contributed by atoms with Gasteiger partial charge in [0.25, 0.3) is 0 Å². The highest BCUT2D eigenvalue weighted by Gasteiger charge is 2.20. The Kier molecular flexibility index (Phi) is 2.50. The predicted molar refractivity (Wildman–Crippen MR) is 200 cm³/mol. The van der Waals surface area contributed by atoms with Crippen LogP contribution in [0.4, 0.5) is 0 Å². The summed E-state index contributed by atoms with van der Waals surface area (Å²) in [7, 11) is 0. The molecule has 1 heterocycles. The highest BCUT2D eigenvalue weighted by Crippen LogP contribution is 2.47. The third-order valence-corrected chi connectivity index (χ3v) is 7.97. The number of fused-ring (bicyclic) bond motifs is 7. The van der Waals surface area contributed by atoms with Gasteiger partial charge in [-0.1, -0.05) is 139 Å². The molecule has 1 aromatic heterocycles. The maximum Gasteiger partial charge on any atom is 0.136 e. The maximum absolute atomic E-state index is 9.53. The highest BCUT2D eigenvalue weighted by molar-refractivity contribution is 6.26. The second-order valence-electron chi connectivity index (χ2n) is 10.5. The normalized spacial score (nSPS) is 19.3. The van der Waals surface area contributed by atoms with Crippen molar-refractivity contribution in [2.45, 2.75) is 0 Å². The van der Waals surface area contributed by atoms with Gasteiger partial charge in [0.2, 0.25) is 0 Å². The minimum absolute atomic E-state index is 0.0135. The van der Waals surface area contributed by atoms with Gasteiger partial charge in [0.15, 0.2) is 0 Å². The monoisotopic (exact) mass is 621 g/mol. The Morgan fingerprint density at radius 1 is 0.383 bits per heavy atom. The molecule has 218 valence electrons. The highest BCUT2D eigenvalue weighted by atomic mass is 16.3. The summed E-state index contributed by atoms with van der Waals surface area (Å²) in [6.45, 7) is 0. The van der Waals surface area contributed by atoms with Gasteiger partial charge in [-0.3, -0.25) is 0 Å². The van der Waals surface area contributed by atoms with Gasteiger partial charge < -0.3 is 4.42 Å². The van der Waals surface area contributed by atoms with E-state index in [1.165, 1.54) is 18.2 Å². The smallest absolute Gasteiger partial charge is 0.136 e. The lowest BCUT2D eigenvalue weighted by atomic mass is 9.84. The van der Waals surface area contributed by atoms with Crippen molar-refractivity contribution in [2.24, 2.45) is 0 Å². The topological polar surface area (TPSA) is 13.1 Å². The van der Waals surface area contributed by atoms with Crippen LogP contribution in [-0.2, 0) is 0 Å². The van der Waals surface area contributed by atoms with Crippen LogP contribution < -0.4 is 0 Å². The zero-order valence-electron chi connectivity index (χ0n) is 48.6. The van der Waals surface area contributed by atoms with Gasteiger partial charge in [0, 0.05) is 10.8 Å². The number of hydrogen-bond acceptors (Lipinski definition) is 1. The molecule has 0 N–H and O–H groups in total. The Bertz CT molecular complexity index is 4190. The van der Waals surface area contributed by atoms with E-state index in [-0.39, 0.29) is 38.3 Å². The maximum atomic E-state index is 9.53. The average molecular weight is 622 g/mol. The van der Waals surface area contributed by atoms with Crippen molar-refractivity contribution in [1.29, 1.82) is 0 Å². The van der Waals surface area contributed by atoms with E-state index in [1.807, 2.05) is 0 Å². The third kappa shape index (κ3) is 4.03. The Labute approximate surface area is 307 Å². The van der Waals surface area contributed by atoms with Crippen molar-refractivity contribution in [3.8, 4) is 33.4 Å². The Hall–Kier alpha value is -6.18. The Balaban J connectivity index is 1.43. The quantitative estimate of drug-likeness (QED) is 0.179. The molecule has 0 amide bonds. The fraction of sp³-hybridized carbons (Fsp3) is 0. The van der Waals surface area contributed by atoms with Crippen molar-refractivity contribution in [2.75, 3.05) is 0 Å². The Morgan fingerprint density at radius 3 is 1.60 bits per heavy atom. The number of furan rings is 1. The second-order valence-corrected chi connectivity index (χ2v) is 10.5. The SMILES string of the molecule is [2H]c1c([2H])c(-c2c3c([2H])c([2H])c([2H])c([2H])c3c(-c3c([2H])c([2H])c4c([2H])c([2H])c([2H])c([2H])c4c3[2H])c3c([2H])c([2H])c([2H])c([2H])c23)c2c(oc3cc(-c4c([2H])c([2H])c5c([2H])c([2H])c([2H])c([2H])c5c4[2H])ccc32)c1[2H]. The summed E-state index contributed by atoms with van der Waals surface area (Å²) in [5.74, 6) is 0. The van der Waals surface area contributed by atoms with E-state index in [0.717, 1.165) is 0 Å². The molecular weight excluding hydrogens is 569 g/mol. The van der Waals surface area contributed by atoms with Gasteiger partial charge in [-0.25, -0.2) is 0 Å². The van der Waals surface area contributed by atoms with Crippen molar-refractivity contribution >= 4 is 65.0 Å². The molecule has 0 aliphatic carbocycles. The molecule has 0 saturated carbocycles. The zero-order chi connectivity index (χ0) is 52.7. The predicted octanol–water partition coefficient (Wildman–Crippen LogP) is 13.2. The minimum Gasteiger partial charge on any atom is -0.456 e. The van der Waals surface area contributed by atoms with Gasteiger partial charge in [-0.05, 0) is 107 Å². The standard InChI is InChI=1S/C46H28O/c1-3-12-31-26-33(22-20-29(31)10-1)34-24-25-40-43(28-34)47-42-19-9-18-41(46(40)42)45-38-16-7-5-14-36(38)44(37-15-6-8-17-39(37)45)35-23-21-30-11-2-4-13-32(30)27-35/h1-28H/i1D,2D,3D,4D,5D,6D,7D,8D,9D,10D,11D,12D,13D,14D,15D,16D,17D,18D,19D,20D,21D,22D,23D,26D,27D. The first-order valence-electron chi connectivity index (χ1n) is 26.6. The summed E-state index contributed by atoms with van der Waals surface area (Å²) in [4.78, 5) is 0. The molecule has 1 heteroatoms. The van der Waals surface area contributed by atoms with Crippen LogP contribution in [-0.4, -0.2) is 0 Å². The average Bonchev–Trinajstić information content (AvgIpc) is 3.73. The fourth-order valence-electron chi connectivity index (χ4n) is 5.95. The molecule has 0 aliphatic heterocycles. The van der Waals surface area contributed by atoms with Crippen LogP contribution in [0.25, 0.3) is 98.4 Å². The van der Waals surface area contributed by atoms with Crippen LogP contribution in [0.5, 0.6) is 0 Å². The van der Waals surface area contributed by atoms with Crippen molar-refractivity contribution in [3.05, 3.63) is 169 Å². The molecule has 0 fully saturated rings. The van der Waals surface area contributed by atoms with Crippen LogP contribution in [0.3, 0.4) is 0 Å². The molecule has 1 nitrogen and oxygen atoms in total. The summed E-state index contributed by atoms with van der Waals surface area (Å²) in [6, 6.07) is -15.6. The number of rotatable bonds is 3. The molecule has 0 unspecified atom stereocenters. The third-order valence-electron chi connectivity index (χ3n) is 7.97. The first-order valence-corrected chi connectivity index (χ1v) is 14.1. The number of benzene rings is 9. The van der Waals surface area contributed by atoms with Gasteiger partial charge in [0.1, 0.15) is 11.2 Å². The van der Waals surface area contributed by atoms with Gasteiger partial charge in [-0.2, -0.15) is 0 Å². The second kappa shape index (κ2) is 10.2. The van der Waals surface area contributed by atoms with Crippen molar-refractivity contribution < 1.29 is 38.7 Å². The first kappa shape index (κ1) is 11.6. The molecule has 0 spiro atoms. The van der Waals surface area contributed by atoms with Crippen LogP contribution in [0, 0.1) is 0 Å². The molecule has 10 rings (SSSR count). The van der Waals surface area contributed by atoms with E-state index in [2.05, 4.69) is 0 Å². The Morgan fingerprint density at radius 2 is 0.936 bits per heavy atom. The minimum atomic E-state index is -0.908. The molecular formula is C46H28O. The summed E-state index contributed by atoms with van der Waals surface area (Å²) in [5, 5.41) is -4.33. The molecule has 0 bridgehead atoms. The van der Waals surface area contributed by atoms with Gasteiger partial charge in [-0.15, -0.1) is 0 Å². The molecule has 47 heavy (non-hydrogen) atoms. The number of hydrogen-bond donors (Lipinski definition) is 0. The molecule has 10 aromatic rings.